The summed E-state index contributed by atoms with van der Waals surface area (Å²) in [5.41, 5.74) is 0.406. The number of rotatable bonds is 3. The summed E-state index contributed by atoms with van der Waals surface area (Å²) in [5.74, 6) is 0. The number of nitrogens with zero attached hydrogens (tertiary/aromatic N) is 1. The van der Waals surface area contributed by atoms with Crippen LogP contribution in [0.2, 0.25) is 0 Å². The molecular formula is C10H21NO. The van der Waals surface area contributed by atoms with Crippen molar-refractivity contribution in [3.05, 3.63) is 0 Å². The fraction of sp³-hybridized carbons (Fsp3) is 1.00. The summed E-state index contributed by atoms with van der Waals surface area (Å²) in [4.78, 5) is 2.22. The van der Waals surface area contributed by atoms with Gasteiger partial charge < -0.3 is 10.0 Å². The maximum Gasteiger partial charge on any atom is 0.0545 e. The molecule has 0 radical (unpaired) electrons. The van der Waals surface area contributed by atoms with Gasteiger partial charge in [0.15, 0.2) is 0 Å². The molecule has 1 saturated carbocycles. The molecule has 1 N–H and O–H groups in total. The first-order chi connectivity index (χ1) is 5.52. The van der Waals surface area contributed by atoms with Crippen molar-refractivity contribution in [1.82, 2.24) is 4.90 Å². The Morgan fingerprint density at radius 1 is 1.50 bits per heavy atom. The van der Waals surface area contributed by atoms with E-state index in [4.69, 9.17) is 0 Å². The van der Waals surface area contributed by atoms with Gasteiger partial charge in [0.25, 0.3) is 0 Å². The van der Waals surface area contributed by atoms with Crippen LogP contribution in [0.1, 0.15) is 32.6 Å². The van der Waals surface area contributed by atoms with Crippen LogP contribution in [-0.4, -0.2) is 36.8 Å². The maximum atomic E-state index is 9.42. The number of hydrogen-bond acceptors (Lipinski definition) is 2. The van der Waals surface area contributed by atoms with E-state index in [1.165, 1.54) is 12.8 Å². The highest BCUT2D eigenvalue weighted by molar-refractivity contribution is 4.85. The zero-order valence-corrected chi connectivity index (χ0v) is 8.51. The van der Waals surface area contributed by atoms with Crippen molar-refractivity contribution in [2.45, 2.75) is 38.7 Å². The molecule has 1 rings (SSSR count). The predicted octanol–water partition coefficient (Wildman–Crippen LogP) is 1.49. The second-order valence-corrected chi connectivity index (χ2v) is 4.76. The summed E-state index contributed by atoms with van der Waals surface area (Å²) in [6.45, 7) is 3.44. The summed E-state index contributed by atoms with van der Waals surface area (Å²) >= 11 is 0. The van der Waals surface area contributed by atoms with E-state index in [0.29, 0.717) is 5.41 Å². The lowest BCUT2D eigenvalue weighted by molar-refractivity contribution is 0.156. The topological polar surface area (TPSA) is 23.5 Å². The zero-order chi connectivity index (χ0) is 9.19. The van der Waals surface area contributed by atoms with Gasteiger partial charge in [0.2, 0.25) is 0 Å². The minimum absolute atomic E-state index is 0.0304. The van der Waals surface area contributed by atoms with Gasteiger partial charge in [-0.05, 0) is 51.7 Å². The van der Waals surface area contributed by atoms with Gasteiger partial charge in [-0.3, -0.25) is 0 Å². The second-order valence-electron chi connectivity index (χ2n) is 4.76. The van der Waals surface area contributed by atoms with Crippen molar-refractivity contribution in [2.24, 2.45) is 5.41 Å². The van der Waals surface area contributed by atoms with Crippen molar-refractivity contribution < 1.29 is 5.11 Å². The Bertz CT molecular complexity index is 147. The average molecular weight is 171 g/mol. The standard InChI is InChI=1S/C10H21NO/c1-10(6-7-11(2)3)5-4-9(12)8-10/h9,12H,4-8H2,1-3H3. The third kappa shape index (κ3) is 2.76. The van der Waals surface area contributed by atoms with Crippen LogP contribution < -0.4 is 0 Å². The second kappa shape index (κ2) is 3.75. The minimum atomic E-state index is -0.0304. The molecule has 0 aromatic rings. The SMILES string of the molecule is CN(C)CCC1(C)CCC(O)C1. The molecule has 0 saturated heterocycles. The van der Waals surface area contributed by atoms with E-state index >= 15 is 0 Å². The van der Waals surface area contributed by atoms with E-state index < -0.39 is 0 Å². The summed E-state index contributed by atoms with van der Waals surface area (Å²) in [6.07, 6.45) is 4.39. The van der Waals surface area contributed by atoms with Crippen LogP contribution >= 0.6 is 0 Å². The van der Waals surface area contributed by atoms with Gasteiger partial charge in [0.1, 0.15) is 0 Å². The summed E-state index contributed by atoms with van der Waals surface area (Å²) in [5, 5.41) is 9.42. The molecule has 12 heavy (non-hydrogen) atoms. The fourth-order valence-corrected chi connectivity index (χ4v) is 2.01. The number of hydrogen-bond donors (Lipinski definition) is 1. The zero-order valence-electron chi connectivity index (χ0n) is 8.51. The van der Waals surface area contributed by atoms with Crippen LogP contribution in [0.15, 0.2) is 0 Å². The molecule has 2 atom stereocenters. The van der Waals surface area contributed by atoms with Crippen molar-refractivity contribution in [2.75, 3.05) is 20.6 Å². The van der Waals surface area contributed by atoms with Crippen LogP contribution in [0.3, 0.4) is 0 Å². The Morgan fingerprint density at radius 2 is 2.17 bits per heavy atom. The van der Waals surface area contributed by atoms with E-state index in [1.54, 1.807) is 0 Å². The molecular weight excluding hydrogens is 150 g/mol. The first-order valence-corrected chi connectivity index (χ1v) is 4.85. The molecule has 0 spiro atoms. The molecule has 0 aliphatic heterocycles. The van der Waals surface area contributed by atoms with E-state index in [2.05, 4.69) is 25.9 Å². The molecule has 1 aliphatic rings. The Balaban J connectivity index is 2.30. The van der Waals surface area contributed by atoms with Gasteiger partial charge >= 0.3 is 0 Å². The molecule has 0 amide bonds. The minimum Gasteiger partial charge on any atom is -0.393 e. The summed E-state index contributed by atoms with van der Waals surface area (Å²) in [6, 6.07) is 0. The quantitative estimate of drug-likeness (QED) is 0.695. The summed E-state index contributed by atoms with van der Waals surface area (Å²) < 4.78 is 0. The lowest BCUT2D eigenvalue weighted by Gasteiger charge is -2.25. The number of aliphatic hydroxyl groups is 1. The molecule has 2 unspecified atom stereocenters. The molecule has 2 nitrogen and oxygen atoms in total. The van der Waals surface area contributed by atoms with Gasteiger partial charge in [-0.2, -0.15) is 0 Å². The maximum absolute atomic E-state index is 9.42. The lowest BCUT2D eigenvalue weighted by atomic mass is 9.85. The van der Waals surface area contributed by atoms with E-state index in [9.17, 15) is 5.11 Å². The normalized spacial score (nSPS) is 36.2. The smallest absolute Gasteiger partial charge is 0.0545 e. The van der Waals surface area contributed by atoms with Gasteiger partial charge in [-0.15, -0.1) is 0 Å². The highest BCUT2D eigenvalue weighted by atomic mass is 16.3. The van der Waals surface area contributed by atoms with Gasteiger partial charge in [-0.1, -0.05) is 6.92 Å². The van der Waals surface area contributed by atoms with Crippen molar-refractivity contribution in [3.63, 3.8) is 0 Å². The van der Waals surface area contributed by atoms with E-state index in [0.717, 1.165) is 19.4 Å². The molecule has 2 heteroatoms. The average Bonchev–Trinajstić information content (AvgIpc) is 2.29. The Labute approximate surface area is 75.6 Å². The van der Waals surface area contributed by atoms with Gasteiger partial charge in [-0.25, -0.2) is 0 Å². The Hall–Kier alpha value is -0.0800. The molecule has 1 fully saturated rings. The fourth-order valence-electron chi connectivity index (χ4n) is 2.01. The van der Waals surface area contributed by atoms with Crippen LogP contribution in [0.25, 0.3) is 0 Å². The van der Waals surface area contributed by atoms with E-state index in [1.807, 2.05) is 0 Å². The van der Waals surface area contributed by atoms with Crippen LogP contribution in [0.5, 0.6) is 0 Å². The molecule has 72 valence electrons. The molecule has 0 heterocycles. The molecule has 0 aromatic carbocycles. The first-order valence-electron chi connectivity index (χ1n) is 4.85. The first kappa shape index (κ1) is 10.0. The van der Waals surface area contributed by atoms with Gasteiger partial charge in [0.05, 0.1) is 6.10 Å². The third-order valence-electron chi connectivity index (χ3n) is 2.97. The highest BCUT2D eigenvalue weighted by Crippen LogP contribution is 2.40. The lowest BCUT2D eigenvalue weighted by Crippen LogP contribution is -2.22. The molecule has 0 aromatic heterocycles. The van der Waals surface area contributed by atoms with Crippen molar-refractivity contribution >= 4 is 0 Å². The largest absolute Gasteiger partial charge is 0.393 e. The van der Waals surface area contributed by atoms with Crippen molar-refractivity contribution in [3.8, 4) is 0 Å². The van der Waals surface area contributed by atoms with Crippen LogP contribution in [0.4, 0.5) is 0 Å². The van der Waals surface area contributed by atoms with Crippen LogP contribution in [0, 0.1) is 5.41 Å². The van der Waals surface area contributed by atoms with E-state index in [-0.39, 0.29) is 6.10 Å². The van der Waals surface area contributed by atoms with Crippen LogP contribution in [-0.2, 0) is 0 Å². The Kier molecular flexibility index (Phi) is 3.13. The third-order valence-corrected chi connectivity index (χ3v) is 2.97. The Morgan fingerprint density at radius 3 is 2.58 bits per heavy atom. The van der Waals surface area contributed by atoms with Gasteiger partial charge in [0, 0.05) is 0 Å². The molecule has 1 aliphatic carbocycles. The highest BCUT2D eigenvalue weighted by Gasteiger charge is 2.33. The van der Waals surface area contributed by atoms with Crippen molar-refractivity contribution in [1.29, 1.82) is 0 Å². The predicted molar refractivity (Wildman–Crippen MR) is 51.1 cm³/mol. The monoisotopic (exact) mass is 171 g/mol. The summed E-state index contributed by atoms with van der Waals surface area (Å²) in [7, 11) is 4.21. The molecule has 0 bridgehead atoms. The number of aliphatic hydroxyl groups excluding tert-OH is 1.